The summed E-state index contributed by atoms with van der Waals surface area (Å²) in [6, 6.07) is 7.94. The normalized spacial score (nSPS) is 10.5. The molecule has 0 saturated carbocycles. The van der Waals surface area contributed by atoms with Crippen LogP contribution in [-0.2, 0) is 0 Å². The van der Waals surface area contributed by atoms with Gasteiger partial charge in [-0.2, -0.15) is 0 Å². The zero-order chi connectivity index (χ0) is 8.81. The van der Waals surface area contributed by atoms with Gasteiger partial charge in [-0.1, -0.05) is 30.4 Å². The molecule has 0 fully saturated rings. The van der Waals surface area contributed by atoms with Crippen molar-refractivity contribution in [2.75, 3.05) is 7.11 Å². The van der Waals surface area contributed by atoms with E-state index < -0.39 is 0 Å². The van der Waals surface area contributed by atoms with E-state index in [1.165, 1.54) is 0 Å². The van der Waals surface area contributed by atoms with Crippen LogP contribution in [0.2, 0.25) is 0 Å². The average Bonchev–Trinajstić information content (AvgIpc) is 2.15. The molecule has 1 radical (unpaired) electrons. The molecule has 1 nitrogen and oxygen atoms in total. The van der Waals surface area contributed by atoms with E-state index >= 15 is 0 Å². The molecule has 1 aromatic carbocycles. The Morgan fingerprint density at radius 1 is 1.25 bits per heavy atom. The first kappa shape index (κ1) is 8.85. The molecule has 0 heterocycles. The van der Waals surface area contributed by atoms with Crippen LogP contribution in [0.4, 0.5) is 0 Å². The molecule has 0 spiro atoms. The fraction of sp³-hybridized carbons (Fsp3) is 0.182. The third-order valence-electron chi connectivity index (χ3n) is 1.61. The number of ether oxygens (including phenoxy) is 1. The van der Waals surface area contributed by atoms with Crippen molar-refractivity contribution >= 4 is 0 Å². The molecule has 0 aliphatic rings. The molecular formula is C11H13O. The maximum Gasteiger partial charge on any atom is 0.122 e. The Labute approximate surface area is 73.7 Å². The van der Waals surface area contributed by atoms with Crippen molar-refractivity contribution in [1.82, 2.24) is 0 Å². The first-order valence-electron chi connectivity index (χ1n) is 3.97. The van der Waals surface area contributed by atoms with E-state index in [4.69, 9.17) is 4.74 Å². The monoisotopic (exact) mass is 161 g/mol. The molecule has 0 unspecified atom stereocenters. The number of hydrogen-bond acceptors (Lipinski definition) is 1. The van der Waals surface area contributed by atoms with Crippen molar-refractivity contribution in [2.24, 2.45) is 0 Å². The van der Waals surface area contributed by atoms with Crippen LogP contribution in [0, 0.1) is 6.42 Å². The van der Waals surface area contributed by atoms with Crippen LogP contribution in [0.1, 0.15) is 12.5 Å². The first-order valence-corrected chi connectivity index (χ1v) is 3.97. The number of rotatable bonds is 3. The summed E-state index contributed by atoms with van der Waals surface area (Å²) in [6.45, 7) is 1.99. The Bertz CT molecular complexity index is 263. The Balaban J connectivity index is 2.81. The van der Waals surface area contributed by atoms with Gasteiger partial charge >= 0.3 is 0 Å². The van der Waals surface area contributed by atoms with Crippen molar-refractivity contribution in [2.45, 2.75) is 6.92 Å². The van der Waals surface area contributed by atoms with Gasteiger partial charge in [-0.05, 0) is 13.0 Å². The van der Waals surface area contributed by atoms with Gasteiger partial charge < -0.3 is 4.74 Å². The standard InChI is InChI=1S/C11H13O/c1-3-4-7-10-8-5-6-9-11(10)12-2/h3-9H,1-2H3/b4-3+. The third-order valence-corrected chi connectivity index (χ3v) is 1.61. The lowest BCUT2D eigenvalue weighted by Crippen LogP contribution is -1.87. The van der Waals surface area contributed by atoms with Gasteiger partial charge in [0.2, 0.25) is 0 Å². The molecule has 0 aromatic heterocycles. The predicted molar refractivity (Wildman–Crippen MR) is 51.2 cm³/mol. The van der Waals surface area contributed by atoms with Crippen LogP contribution in [0.15, 0.2) is 36.4 Å². The molecule has 1 rings (SSSR count). The fourth-order valence-corrected chi connectivity index (χ4v) is 1.00. The fourth-order valence-electron chi connectivity index (χ4n) is 1.00. The summed E-state index contributed by atoms with van der Waals surface area (Å²) >= 11 is 0. The summed E-state index contributed by atoms with van der Waals surface area (Å²) in [5, 5.41) is 0. The van der Waals surface area contributed by atoms with E-state index in [-0.39, 0.29) is 0 Å². The van der Waals surface area contributed by atoms with Crippen LogP contribution in [0.5, 0.6) is 5.75 Å². The van der Waals surface area contributed by atoms with E-state index in [1.807, 2.05) is 49.8 Å². The molecule has 12 heavy (non-hydrogen) atoms. The second-order valence-corrected chi connectivity index (χ2v) is 2.43. The Hall–Kier alpha value is -1.24. The van der Waals surface area contributed by atoms with Gasteiger partial charge in [0.05, 0.1) is 7.11 Å². The van der Waals surface area contributed by atoms with Crippen molar-refractivity contribution in [3.05, 3.63) is 48.4 Å². The van der Waals surface area contributed by atoms with E-state index in [1.54, 1.807) is 7.11 Å². The largest absolute Gasteiger partial charge is 0.496 e. The molecule has 1 aromatic rings. The third kappa shape index (κ3) is 2.12. The van der Waals surface area contributed by atoms with E-state index in [0.29, 0.717) is 0 Å². The number of para-hydroxylation sites is 1. The highest BCUT2D eigenvalue weighted by atomic mass is 16.5. The molecule has 0 N–H and O–H groups in total. The maximum absolute atomic E-state index is 5.18. The molecule has 0 bridgehead atoms. The minimum atomic E-state index is 0.913. The van der Waals surface area contributed by atoms with E-state index in [9.17, 15) is 0 Å². The van der Waals surface area contributed by atoms with Crippen LogP contribution in [0.3, 0.4) is 0 Å². The summed E-state index contributed by atoms with van der Waals surface area (Å²) < 4.78 is 5.18. The summed E-state index contributed by atoms with van der Waals surface area (Å²) in [5.41, 5.74) is 1.11. The average molecular weight is 161 g/mol. The second kappa shape index (κ2) is 4.60. The lowest BCUT2D eigenvalue weighted by Gasteiger charge is -2.04. The van der Waals surface area contributed by atoms with Gasteiger partial charge in [-0.25, -0.2) is 0 Å². The number of allylic oxidation sites excluding steroid dienone is 2. The summed E-state index contributed by atoms with van der Waals surface area (Å²) in [5.74, 6) is 0.913. The van der Waals surface area contributed by atoms with Crippen molar-refractivity contribution in [3.63, 3.8) is 0 Å². The van der Waals surface area contributed by atoms with Crippen LogP contribution in [-0.4, -0.2) is 7.11 Å². The molecule has 0 aliphatic heterocycles. The van der Waals surface area contributed by atoms with E-state index in [2.05, 4.69) is 0 Å². The van der Waals surface area contributed by atoms with Crippen LogP contribution in [0.25, 0.3) is 0 Å². The number of hydrogen-bond donors (Lipinski definition) is 0. The van der Waals surface area contributed by atoms with Gasteiger partial charge in [0.15, 0.2) is 0 Å². The minimum Gasteiger partial charge on any atom is -0.496 e. The van der Waals surface area contributed by atoms with Gasteiger partial charge in [0, 0.05) is 12.0 Å². The van der Waals surface area contributed by atoms with Gasteiger partial charge in [-0.15, -0.1) is 0 Å². The minimum absolute atomic E-state index is 0.913. The zero-order valence-corrected chi connectivity index (χ0v) is 7.45. The van der Waals surface area contributed by atoms with Crippen molar-refractivity contribution in [1.29, 1.82) is 0 Å². The molecule has 0 amide bonds. The highest BCUT2D eigenvalue weighted by Crippen LogP contribution is 2.18. The molecule has 0 aliphatic carbocycles. The van der Waals surface area contributed by atoms with E-state index in [0.717, 1.165) is 11.3 Å². The highest BCUT2D eigenvalue weighted by molar-refractivity contribution is 5.40. The molecule has 1 heteroatoms. The van der Waals surface area contributed by atoms with Crippen LogP contribution < -0.4 is 4.74 Å². The lowest BCUT2D eigenvalue weighted by atomic mass is 10.1. The van der Waals surface area contributed by atoms with Gasteiger partial charge in [0.1, 0.15) is 5.75 Å². The second-order valence-electron chi connectivity index (χ2n) is 2.43. The number of benzene rings is 1. The SMILES string of the molecule is C/C=C/[CH]c1ccccc1OC. The zero-order valence-electron chi connectivity index (χ0n) is 7.45. The topological polar surface area (TPSA) is 9.23 Å². The summed E-state index contributed by atoms with van der Waals surface area (Å²) in [7, 11) is 1.68. The van der Waals surface area contributed by atoms with Crippen LogP contribution >= 0.6 is 0 Å². The molecule has 0 saturated heterocycles. The van der Waals surface area contributed by atoms with Crippen molar-refractivity contribution in [3.8, 4) is 5.75 Å². The quantitative estimate of drug-likeness (QED) is 0.662. The maximum atomic E-state index is 5.18. The lowest BCUT2D eigenvalue weighted by molar-refractivity contribution is 0.412. The molecule has 63 valence electrons. The predicted octanol–water partition coefficient (Wildman–Crippen LogP) is 2.82. The number of methoxy groups -OCH3 is 1. The Morgan fingerprint density at radius 2 is 2.00 bits per heavy atom. The smallest absolute Gasteiger partial charge is 0.122 e. The van der Waals surface area contributed by atoms with Crippen molar-refractivity contribution < 1.29 is 4.74 Å². The molecular weight excluding hydrogens is 148 g/mol. The van der Waals surface area contributed by atoms with Gasteiger partial charge in [-0.3, -0.25) is 0 Å². The summed E-state index contributed by atoms with van der Waals surface area (Å²) in [4.78, 5) is 0. The van der Waals surface area contributed by atoms with Gasteiger partial charge in [0.25, 0.3) is 0 Å². The Kier molecular flexibility index (Phi) is 3.39. The Morgan fingerprint density at radius 3 is 2.67 bits per heavy atom. The highest BCUT2D eigenvalue weighted by Gasteiger charge is 1.97. The first-order chi connectivity index (χ1) is 5.88. The molecule has 0 atom stereocenters. The summed E-state index contributed by atoms with van der Waals surface area (Å²) in [6.07, 6.45) is 6.02.